The molecule has 4 rings (SSSR count). The number of H-pyrrole nitrogens is 1. The van der Waals surface area contributed by atoms with Crippen LogP contribution in [0.3, 0.4) is 0 Å². The third-order valence-corrected chi connectivity index (χ3v) is 5.83. The molecule has 0 radical (unpaired) electrons. The number of fused-ring (bicyclic) bond motifs is 1. The second-order valence-electron chi connectivity index (χ2n) is 7.73. The topological polar surface area (TPSA) is 57.4 Å². The molecular formula is C25H29N3O2. The number of nitrogens with zero attached hydrogens (tertiary/aromatic N) is 1. The third kappa shape index (κ3) is 4.35. The molecule has 1 amide bonds. The first-order valence-electron chi connectivity index (χ1n) is 10.6. The summed E-state index contributed by atoms with van der Waals surface area (Å²) >= 11 is 0. The first-order valence-corrected chi connectivity index (χ1v) is 10.6. The minimum atomic E-state index is 0.0788. The lowest BCUT2D eigenvalue weighted by Gasteiger charge is -2.34. The van der Waals surface area contributed by atoms with Crippen molar-refractivity contribution in [2.45, 2.75) is 38.8 Å². The van der Waals surface area contributed by atoms with Crippen LogP contribution in [0, 0.1) is 0 Å². The van der Waals surface area contributed by atoms with Gasteiger partial charge in [0.25, 0.3) is 5.91 Å². The van der Waals surface area contributed by atoms with Crippen LogP contribution in [0.2, 0.25) is 0 Å². The van der Waals surface area contributed by atoms with E-state index in [1.54, 1.807) is 7.11 Å². The molecule has 2 aromatic carbocycles. The Labute approximate surface area is 177 Å². The van der Waals surface area contributed by atoms with Crippen molar-refractivity contribution in [3.05, 3.63) is 77.6 Å². The van der Waals surface area contributed by atoms with Crippen molar-refractivity contribution < 1.29 is 9.53 Å². The highest BCUT2D eigenvalue weighted by molar-refractivity contribution is 5.98. The maximum absolute atomic E-state index is 13.2. The number of allylic oxidation sites excluding steroid dienone is 1. The van der Waals surface area contributed by atoms with Crippen LogP contribution in [-0.2, 0) is 6.54 Å². The summed E-state index contributed by atoms with van der Waals surface area (Å²) in [7, 11) is 1.68. The van der Waals surface area contributed by atoms with Crippen molar-refractivity contribution in [1.82, 2.24) is 15.2 Å². The quantitative estimate of drug-likeness (QED) is 0.592. The first kappa shape index (κ1) is 20.1. The number of para-hydroxylation sites is 1. The Balaban J connectivity index is 1.41. The lowest BCUT2D eigenvalue weighted by Crippen LogP contribution is -2.42. The van der Waals surface area contributed by atoms with Crippen molar-refractivity contribution >= 4 is 16.8 Å². The third-order valence-electron chi connectivity index (χ3n) is 5.83. The minimum Gasteiger partial charge on any atom is -0.497 e. The molecule has 5 nitrogen and oxygen atoms in total. The van der Waals surface area contributed by atoms with E-state index < -0.39 is 0 Å². The van der Waals surface area contributed by atoms with Gasteiger partial charge in [0.15, 0.2) is 0 Å². The van der Waals surface area contributed by atoms with E-state index in [9.17, 15) is 4.79 Å². The monoisotopic (exact) mass is 403 g/mol. The second-order valence-corrected chi connectivity index (χ2v) is 7.73. The Kier molecular flexibility index (Phi) is 6.07. The summed E-state index contributed by atoms with van der Waals surface area (Å²) in [6, 6.07) is 18.3. The van der Waals surface area contributed by atoms with E-state index in [0.717, 1.165) is 42.5 Å². The second kappa shape index (κ2) is 9.08. The van der Waals surface area contributed by atoms with Gasteiger partial charge < -0.3 is 19.9 Å². The van der Waals surface area contributed by atoms with Gasteiger partial charge in [-0.15, -0.1) is 0 Å². The van der Waals surface area contributed by atoms with Gasteiger partial charge in [-0.2, -0.15) is 0 Å². The Morgan fingerprint density at radius 1 is 1.20 bits per heavy atom. The molecule has 156 valence electrons. The van der Waals surface area contributed by atoms with Crippen LogP contribution in [0.1, 0.15) is 42.2 Å². The molecule has 0 fully saturated rings. The van der Waals surface area contributed by atoms with Gasteiger partial charge in [0.1, 0.15) is 11.4 Å². The Bertz CT molecular complexity index is 1000. The molecule has 1 aliphatic rings. The highest BCUT2D eigenvalue weighted by atomic mass is 16.5. The standard InChI is InChI=1S/C25H29N3O2/c1-3-28(25(29)24-15-19-7-4-5-10-23(19)27-24)21-9-6-8-20(16-21)26-17-18-11-13-22(30-2)14-12-18/h4-5,7-8,10-15,21,26-27H,3,6,9,16-17H2,1-2H3. The van der Waals surface area contributed by atoms with Gasteiger partial charge in [-0.3, -0.25) is 4.79 Å². The number of benzene rings is 2. The number of amides is 1. The predicted molar refractivity (Wildman–Crippen MR) is 121 cm³/mol. The minimum absolute atomic E-state index is 0.0788. The van der Waals surface area contributed by atoms with Crippen molar-refractivity contribution in [1.29, 1.82) is 0 Å². The largest absolute Gasteiger partial charge is 0.497 e. The number of carbonyl (C=O) groups is 1. The van der Waals surface area contributed by atoms with Crippen LogP contribution < -0.4 is 10.1 Å². The van der Waals surface area contributed by atoms with Gasteiger partial charge >= 0.3 is 0 Å². The predicted octanol–water partition coefficient (Wildman–Crippen LogP) is 4.86. The Morgan fingerprint density at radius 3 is 2.73 bits per heavy atom. The number of nitrogens with one attached hydrogen (secondary N) is 2. The number of aromatic nitrogens is 1. The van der Waals surface area contributed by atoms with E-state index in [-0.39, 0.29) is 11.9 Å². The number of rotatable bonds is 7. The number of methoxy groups -OCH3 is 1. The maximum Gasteiger partial charge on any atom is 0.270 e. The molecule has 1 atom stereocenters. The number of ether oxygens (including phenoxy) is 1. The van der Waals surface area contributed by atoms with Crippen LogP contribution in [-0.4, -0.2) is 35.5 Å². The van der Waals surface area contributed by atoms with Gasteiger partial charge in [0, 0.05) is 42.2 Å². The SMILES string of the molecule is CCN(C(=O)c1cc2ccccc2[nH]1)C1CCC=C(NCc2ccc(OC)cc2)C1. The van der Waals surface area contributed by atoms with Crippen LogP contribution in [0.25, 0.3) is 10.9 Å². The van der Waals surface area contributed by atoms with Gasteiger partial charge in [-0.25, -0.2) is 0 Å². The zero-order valence-electron chi connectivity index (χ0n) is 17.7. The van der Waals surface area contributed by atoms with Gasteiger partial charge in [-0.05, 0) is 49.6 Å². The highest BCUT2D eigenvalue weighted by Crippen LogP contribution is 2.25. The van der Waals surface area contributed by atoms with Gasteiger partial charge in [0.2, 0.25) is 0 Å². The van der Waals surface area contributed by atoms with Crippen LogP contribution in [0.5, 0.6) is 5.75 Å². The molecule has 30 heavy (non-hydrogen) atoms. The number of hydrogen-bond donors (Lipinski definition) is 2. The number of carbonyl (C=O) groups excluding carboxylic acids is 1. The lowest BCUT2D eigenvalue weighted by atomic mass is 9.96. The Hall–Kier alpha value is -3.21. The number of hydrogen-bond acceptors (Lipinski definition) is 3. The molecule has 0 bridgehead atoms. The lowest BCUT2D eigenvalue weighted by molar-refractivity contribution is 0.0669. The van der Waals surface area contributed by atoms with E-state index in [4.69, 9.17) is 4.74 Å². The molecule has 5 heteroatoms. The van der Waals surface area contributed by atoms with E-state index in [0.29, 0.717) is 12.2 Å². The summed E-state index contributed by atoms with van der Waals surface area (Å²) in [6.07, 6.45) is 5.09. The molecule has 0 saturated carbocycles. The molecule has 1 aliphatic carbocycles. The molecule has 0 aliphatic heterocycles. The normalized spacial score (nSPS) is 16.2. The van der Waals surface area contributed by atoms with E-state index in [2.05, 4.69) is 35.4 Å². The average Bonchev–Trinajstić information content (AvgIpc) is 3.23. The summed E-state index contributed by atoms with van der Waals surface area (Å²) < 4.78 is 5.22. The molecule has 1 heterocycles. The van der Waals surface area contributed by atoms with E-state index in [1.807, 2.05) is 47.4 Å². The molecule has 2 N–H and O–H groups in total. The van der Waals surface area contributed by atoms with Crippen LogP contribution in [0.15, 0.2) is 66.4 Å². The number of aromatic amines is 1. The van der Waals surface area contributed by atoms with E-state index in [1.165, 1.54) is 11.3 Å². The first-order chi connectivity index (χ1) is 14.7. The van der Waals surface area contributed by atoms with Crippen molar-refractivity contribution in [3.63, 3.8) is 0 Å². The molecule has 3 aromatic rings. The molecule has 0 spiro atoms. The Morgan fingerprint density at radius 2 is 2.00 bits per heavy atom. The summed E-state index contributed by atoms with van der Waals surface area (Å²) in [5, 5.41) is 4.63. The zero-order chi connectivity index (χ0) is 20.9. The molecule has 1 unspecified atom stereocenters. The molecule has 0 saturated heterocycles. The highest BCUT2D eigenvalue weighted by Gasteiger charge is 2.27. The fraction of sp³-hybridized carbons (Fsp3) is 0.320. The summed E-state index contributed by atoms with van der Waals surface area (Å²) in [5.74, 6) is 0.944. The van der Waals surface area contributed by atoms with Crippen LogP contribution in [0.4, 0.5) is 0 Å². The summed E-state index contributed by atoms with van der Waals surface area (Å²) in [6.45, 7) is 3.53. The fourth-order valence-corrected chi connectivity index (χ4v) is 4.17. The van der Waals surface area contributed by atoms with Crippen molar-refractivity contribution in [2.75, 3.05) is 13.7 Å². The zero-order valence-corrected chi connectivity index (χ0v) is 17.7. The fourth-order valence-electron chi connectivity index (χ4n) is 4.17. The molecule has 1 aromatic heterocycles. The molecular weight excluding hydrogens is 374 g/mol. The van der Waals surface area contributed by atoms with Crippen molar-refractivity contribution in [3.8, 4) is 5.75 Å². The maximum atomic E-state index is 13.2. The van der Waals surface area contributed by atoms with Gasteiger partial charge in [-0.1, -0.05) is 36.4 Å². The smallest absolute Gasteiger partial charge is 0.270 e. The average molecular weight is 404 g/mol. The van der Waals surface area contributed by atoms with Crippen molar-refractivity contribution in [2.24, 2.45) is 0 Å². The summed E-state index contributed by atoms with van der Waals surface area (Å²) in [4.78, 5) is 18.5. The summed E-state index contributed by atoms with van der Waals surface area (Å²) in [5.41, 5.74) is 4.09. The van der Waals surface area contributed by atoms with E-state index >= 15 is 0 Å². The van der Waals surface area contributed by atoms with Gasteiger partial charge in [0.05, 0.1) is 7.11 Å². The van der Waals surface area contributed by atoms with Crippen LogP contribution >= 0.6 is 0 Å².